The molecule has 31 heavy (non-hydrogen) atoms. The van der Waals surface area contributed by atoms with Crippen molar-refractivity contribution in [3.8, 4) is 16.9 Å². The van der Waals surface area contributed by atoms with Crippen LogP contribution in [0.3, 0.4) is 0 Å². The Morgan fingerprint density at radius 3 is 2.68 bits per heavy atom. The fraction of sp³-hybridized carbons (Fsp3) is 0.455. The molecular formula is C22H23F2N3O4. The average molecular weight is 431 g/mol. The monoisotopic (exact) mass is 431 g/mol. The number of alkyl halides is 2. The van der Waals surface area contributed by atoms with Gasteiger partial charge in [0.25, 0.3) is 0 Å². The summed E-state index contributed by atoms with van der Waals surface area (Å²) in [7, 11) is 0. The Labute approximate surface area is 177 Å². The summed E-state index contributed by atoms with van der Waals surface area (Å²) in [6, 6.07) is 5.23. The first-order valence-electron chi connectivity index (χ1n) is 10.4. The highest BCUT2D eigenvalue weighted by atomic mass is 19.3. The molecule has 2 atom stereocenters. The molecule has 3 aliphatic rings. The maximum Gasteiger partial charge on any atom is 0.387 e. The van der Waals surface area contributed by atoms with E-state index in [1.165, 1.54) is 0 Å². The van der Waals surface area contributed by atoms with E-state index in [0.29, 0.717) is 5.56 Å². The molecule has 3 heterocycles. The van der Waals surface area contributed by atoms with E-state index in [9.17, 15) is 23.5 Å². The van der Waals surface area contributed by atoms with Gasteiger partial charge in [-0.2, -0.15) is 8.78 Å². The van der Waals surface area contributed by atoms with E-state index in [2.05, 4.69) is 9.88 Å². The standard InChI is InChI=1S/C22H23F2N3O4/c1-11-17-8-12(9-26(17)7-6-25-11)14-4-5-15-18(20(14)31-22(23)24)27(13-2-3-13)10-16(19(15)28)21(29)30/h4-5,8-9,11,13,16,22,25H,2-3,6-7,10H2,1H3,(H,29,30)/t11-,16?/m1/s1. The molecule has 0 spiro atoms. The summed E-state index contributed by atoms with van der Waals surface area (Å²) >= 11 is 0. The molecule has 9 heteroatoms. The van der Waals surface area contributed by atoms with Gasteiger partial charge in [-0.25, -0.2) is 0 Å². The number of halogens is 2. The van der Waals surface area contributed by atoms with Crippen LogP contribution in [0.4, 0.5) is 14.5 Å². The van der Waals surface area contributed by atoms with Crippen LogP contribution in [0.2, 0.25) is 0 Å². The van der Waals surface area contributed by atoms with Crippen LogP contribution in [0.25, 0.3) is 11.1 Å². The number of rotatable bonds is 5. The predicted octanol–water partition coefficient (Wildman–Crippen LogP) is 3.29. The number of benzene rings is 1. The predicted molar refractivity (Wildman–Crippen MR) is 109 cm³/mol. The van der Waals surface area contributed by atoms with Gasteiger partial charge in [-0.15, -0.1) is 0 Å². The van der Waals surface area contributed by atoms with Crippen LogP contribution in [0, 0.1) is 5.92 Å². The van der Waals surface area contributed by atoms with Crippen molar-refractivity contribution in [1.29, 1.82) is 0 Å². The summed E-state index contributed by atoms with van der Waals surface area (Å²) in [5.74, 6) is -3.05. The second-order valence-electron chi connectivity index (χ2n) is 8.38. The number of nitrogens with one attached hydrogen (secondary N) is 1. The summed E-state index contributed by atoms with van der Waals surface area (Å²) < 4.78 is 34.1. The Bertz CT molecular complexity index is 1060. The van der Waals surface area contributed by atoms with Crippen LogP contribution in [0.1, 0.15) is 41.9 Å². The minimum atomic E-state index is -3.07. The van der Waals surface area contributed by atoms with E-state index >= 15 is 0 Å². The average Bonchev–Trinajstić information content (AvgIpc) is 3.46. The van der Waals surface area contributed by atoms with Crippen LogP contribution in [-0.2, 0) is 11.3 Å². The lowest BCUT2D eigenvalue weighted by Crippen LogP contribution is -2.44. The van der Waals surface area contributed by atoms with Gasteiger partial charge in [0.15, 0.2) is 11.5 Å². The maximum absolute atomic E-state index is 13.5. The number of carboxylic acid groups (broad SMARTS) is 1. The second kappa shape index (κ2) is 7.33. The molecule has 1 saturated carbocycles. The molecule has 1 aromatic carbocycles. The number of fused-ring (bicyclic) bond motifs is 2. The zero-order chi connectivity index (χ0) is 21.9. The molecule has 164 valence electrons. The molecule has 7 nitrogen and oxygen atoms in total. The molecule has 1 unspecified atom stereocenters. The topological polar surface area (TPSA) is 83.8 Å². The summed E-state index contributed by atoms with van der Waals surface area (Å²) in [6.45, 7) is 0.506. The van der Waals surface area contributed by atoms with E-state index in [0.717, 1.165) is 37.2 Å². The van der Waals surface area contributed by atoms with Crippen LogP contribution in [-0.4, -0.2) is 47.2 Å². The quantitative estimate of drug-likeness (QED) is 0.707. The molecule has 0 radical (unpaired) electrons. The molecule has 1 aromatic heterocycles. The summed E-state index contributed by atoms with van der Waals surface area (Å²) in [5, 5.41) is 12.9. The van der Waals surface area contributed by atoms with Crippen molar-refractivity contribution in [3.63, 3.8) is 0 Å². The summed E-state index contributed by atoms with van der Waals surface area (Å²) in [4.78, 5) is 26.3. The number of aliphatic carboxylic acids is 1. The number of carbonyl (C=O) groups is 2. The molecule has 2 N–H and O–H groups in total. The van der Waals surface area contributed by atoms with Crippen molar-refractivity contribution in [3.05, 3.63) is 35.7 Å². The van der Waals surface area contributed by atoms with E-state index in [-0.39, 0.29) is 35.6 Å². The molecule has 2 aromatic rings. The minimum Gasteiger partial charge on any atom is -0.481 e. The second-order valence-corrected chi connectivity index (χ2v) is 8.38. The van der Waals surface area contributed by atoms with Crippen LogP contribution < -0.4 is 15.0 Å². The van der Waals surface area contributed by atoms with Crippen molar-refractivity contribution in [2.45, 2.75) is 45.0 Å². The zero-order valence-electron chi connectivity index (χ0n) is 17.0. The molecular weight excluding hydrogens is 408 g/mol. The Hall–Kier alpha value is -2.94. The molecule has 1 aliphatic carbocycles. The van der Waals surface area contributed by atoms with Gasteiger partial charge in [0.05, 0.1) is 5.69 Å². The minimum absolute atomic E-state index is 0.0236. The van der Waals surface area contributed by atoms with Gasteiger partial charge < -0.3 is 24.6 Å². The Morgan fingerprint density at radius 2 is 2.03 bits per heavy atom. The molecule has 5 rings (SSSR count). The fourth-order valence-corrected chi connectivity index (χ4v) is 4.70. The third kappa shape index (κ3) is 3.37. The lowest BCUT2D eigenvalue weighted by Gasteiger charge is -2.35. The normalized spacial score (nSPS) is 23.0. The van der Waals surface area contributed by atoms with Gasteiger partial charge in [0.2, 0.25) is 0 Å². The van der Waals surface area contributed by atoms with Crippen molar-refractivity contribution in [2.75, 3.05) is 18.0 Å². The van der Waals surface area contributed by atoms with Gasteiger partial charge in [-0.1, -0.05) is 0 Å². The number of ether oxygens (including phenoxy) is 1. The van der Waals surface area contributed by atoms with Gasteiger partial charge in [-0.3, -0.25) is 9.59 Å². The fourth-order valence-electron chi connectivity index (χ4n) is 4.70. The number of Topliss-reactive ketones (excluding diaryl/α,β-unsaturated/α-hetero) is 1. The lowest BCUT2D eigenvalue weighted by molar-refractivity contribution is -0.139. The molecule has 0 saturated heterocycles. The van der Waals surface area contributed by atoms with Crippen LogP contribution in [0.5, 0.6) is 5.75 Å². The Kier molecular flexibility index (Phi) is 4.73. The van der Waals surface area contributed by atoms with E-state index in [4.69, 9.17) is 4.74 Å². The molecule has 0 amide bonds. The van der Waals surface area contributed by atoms with Gasteiger partial charge in [0, 0.05) is 60.3 Å². The molecule has 1 fully saturated rings. The Morgan fingerprint density at radius 1 is 1.29 bits per heavy atom. The van der Waals surface area contributed by atoms with Crippen molar-refractivity contribution in [1.82, 2.24) is 9.88 Å². The van der Waals surface area contributed by atoms with Gasteiger partial charge in [0.1, 0.15) is 5.92 Å². The zero-order valence-corrected chi connectivity index (χ0v) is 17.0. The maximum atomic E-state index is 13.5. The number of nitrogens with zero attached hydrogens (tertiary/aromatic N) is 2. The third-order valence-corrected chi connectivity index (χ3v) is 6.36. The number of carbonyl (C=O) groups excluding carboxylic acids is 1. The van der Waals surface area contributed by atoms with Crippen molar-refractivity contribution < 1.29 is 28.2 Å². The summed E-state index contributed by atoms with van der Waals surface area (Å²) in [6.07, 6.45) is 3.56. The van der Waals surface area contributed by atoms with Crippen molar-refractivity contribution >= 4 is 17.4 Å². The van der Waals surface area contributed by atoms with E-state index in [1.807, 2.05) is 19.2 Å². The van der Waals surface area contributed by atoms with Crippen LogP contribution in [0.15, 0.2) is 24.4 Å². The Balaban J connectivity index is 1.69. The number of aromatic nitrogens is 1. The number of carboxylic acids is 1. The molecule has 0 bridgehead atoms. The largest absolute Gasteiger partial charge is 0.481 e. The van der Waals surface area contributed by atoms with Gasteiger partial charge >= 0.3 is 12.6 Å². The van der Waals surface area contributed by atoms with Crippen molar-refractivity contribution in [2.24, 2.45) is 5.92 Å². The highest BCUT2D eigenvalue weighted by Gasteiger charge is 2.44. The van der Waals surface area contributed by atoms with Gasteiger partial charge in [-0.05, 0) is 38.0 Å². The number of anilines is 1. The highest BCUT2D eigenvalue weighted by Crippen LogP contribution is 2.49. The molecule has 2 aliphatic heterocycles. The lowest BCUT2D eigenvalue weighted by atomic mass is 9.88. The first-order chi connectivity index (χ1) is 14.8. The SMILES string of the molecule is C[C@H]1NCCn2cc(-c3ccc4c(c3OC(F)F)N(C3CC3)CC(C(=O)O)C4=O)cc21. The number of ketones is 1. The van der Waals surface area contributed by atoms with E-state index < -0.39 is 24.3 Å². The number of hydrogen-bond donors (Lipinski definition) is 2. The number of hydrogen-bond acceptors (Lipinski definition) is 5. The third-order valence-electron chi connectivity index (χ3n) is 6.36. The smallest absolute Gasteiger partial charge is 0.387 e. The van der Waals surface area contributed by atoms with E-state index in [1.54, 1.807) is 17.0 Å². The highest BCUT2D eigenvalue weighted by molar-refractivity contribution is 6.14. The summed E-state index contributed by atoms with van der Waals surface area (Å²) in [5.41, 5.74) is 2.66. The first-order valence-corrected chi connectivity index (χ1v) is 10.4. The first kappa shape index (κ1) is 20.0. The van der Waals surface area contributed by atoms with Crippen LogP contribution >= 0.6 is 0 Å².